The molecule has 2 aromatic heterocycles. The van der Waals surface area contributed by atoms with E-state index in [-0.39, 0.29) is 5.91 Å². The van der Waals surface area contributed by atoms with Crippen molar-refractivity contribution in [3.8, 4) is 5.88 Å². The van der Waals surface area contributed by atoms with Crippen LogP contribution in [0.15, 0.2) is 24.5 Å². The number of H-pyrrole nitrogens is 1. The molecule has 1 fully saturated rings. The molecule has 0 radical (unpaired) electrons. The number of likely N-dealkylation sites (tertiary alicyclic amines) is 1. The van der Waals surface area contributed by atoms with E-state index >= 15 is 0 Å². The topological polar surface area (TPSA) is 71.1 Å². The van der Waals surface area contributed by atoms with Crippen LogP contribution in [0.1, 0.15) is 34.5 Å². The van der Waals surface area contributed by atoms with E-state index in [1.54, 1.807) is 25.4 Å². The van der Waals surface area contributed by atoms with Gasteiger partial charge in [0.2, 0.25) is 5.88 Å². The molecule has 1 aliphatic rings. The summed E-state index contributed by atoms with van der Waals surface area (Å²) in [4.78, 5) is 18.8. The Morgan fingerprint density at radius 2 is 2.39 bits per heavy atom. The fourth-order valence-electron chi connectivity index (χ4n) is 3.17. The van der Waals surface area contributed by atoms with Gasteiger partial charge in [0.05, 0.1) is 13.3 Å². The molecule has 1 atom stereocenters. The molecule has 122 valence electrons. The largest absolute Gasteiger partial charge is 0.480 e. The van der Waals surface area contributed by atoms with Crippen LogP contribution in [0.4, 0.5) is 0 Å². The number of methoxy groups -OCH3 is 1. The molecule has 0 saturated carbocycles. The van der Waals surface area contributed by atoms with E-state index in [0.29, 0.717) is 17.4 Å². The molecule has 0 bridgehead atoms. The molecule has 0 unspecified atom stereocenters. The van der Waals surface area contributed by atoms with Crippen LogP contribution in [-0.2, 0) is 6.42 Å². The van der Waals surface area contributed by atoms with E-state index < -0.39 is 0 Å². The van der Waals surface area contributed by atoms with Gasteiger partial charge in [-0.25, -0.2) is 4.98 Å². The molecule has 6 nitrogen and oxygen atoms in total. The Bertz CT molecular complexity index is 683. The van der Waals surface area contributed by atoms with Gasteiger partial charge in [-0.2, -0.15) is 5.10 Å². The summed E-state index contributed by atoms with van der Waals surface area (Å²) in [5.41, 5.74) is 2.89. The Labute approximate surface area is 135 Å². The Morgan fingerprint density at radius 3 is 3.13 bits per heavy atom. The zero-order valence-electron chi connectivity index (χ0n) is 13.6. The number of carbonyl (C=O) groups is 1. The van der Waals surface area contributed by atoms with E-state index in [4.69, 9.17) is 4.74 Å². The number of ether oxygens (including phenoxy) is 1. The molecule has 3 heterocycles. The third kappa shape index (κ3) is 3.36. The third-order valence-corrected chi connectivity index (χ3v) is 4.43. The first-order valence-corrected chi connectivity index (χ1v) is 7.96. The minimum Gasteiger partial charge on any atom is -0.480 e. The number of hydrogen-bond acceptors (Lipinski definition) is 4. The summed E-state index contributed by atoms with van der Waals surface area (Å²) in [6.07, 6.45) is 6.57. The highest BCUT2D eigenvalue weighted by Gasteiger charge is 2.27. The number of aryl methyl sites for hydroxylation is 1. The van der Waals surface area contributed by atoms with Gasteiger partial charge in [0, 0.05) is 25.0 Å². The van der Waals surface area contributed by atoms with Crippen molar-refractivity contribution < 1.29 is 9.53 Å². The maximum atomic E-state index is 12.8. The first-order valence-electron chi connectivity index (χ1n) is 7.96. The first kappa shape index (κ1) is 15.5. The lowest BCUT2D eigenvalue weighted by Gasteiger charge is -2.33. The van der Waals surface area contributed by atoms with Crippen LogP contribution in [-0.4, -0.2) is 46.2 Å². The van der Waals surface area contributed by atoms with E-state index in [0.717, 1.165) is 32.4 Å². The number of amides is 1. The Kier molecular flexibility index (Phi) is 4.60. The van der Waals surface area contributed by atoms with E-state index in [9.17, 15) is 4.79 Å². The summed E-state index contributed by atoms with van der Waals surface area (Å²) >= 11 is 0. The van der Waals surface area contributed by atoms with Gasteiger partial charge in [-0.05, 0) is 49.8 Å². The average molecular weight is 314 g/mol. The zero-order chi connectivity index (χ0) is 16.2. The number of rotatable bonds is 4. The van der Waals surface area contributed by atoms with Gasteiger partial charge in [-0.15, -0.1) is 0 Å². The number of hydrogen-bond donors (Lipinski definition) is 1. The molecule has 3 rings (SSSR count). The Balaban J connectivity index is 1.70. The molecule has 6 heteroatoms. The fraction of sp³-hybridized carbons (Fsp3) is 0.471. The van der Waals surface area contributed by atoms with Crippen LogP contribution in [0.2, 0.25) is 0 Å². The maximum absolute atomic E-state index is 12.8. The van der Waals surface area contributed by atoms with Gasteiger partial charge in [-0.1, -0.05) is 0 Å². The van der Waals surface area contributed by atoms with Crippen LogP contribution in [0.25, 0.3) is 0 Å². The molecule has 23 heavy (non-hydrogen) atoms. The summed E-state index contributed by atoms with van der Waals surface area (Å²) in [5, 5.41) is 7.14. The molecule has 0 aromatic carbocycles. The van der Waals surface area contributed by atoms with Crippen LogP contribution in [0.3, 0.4) is 0 Å². The van der Waals surface area contributed by atoms with E-state index in [2.05, 4.69) is 22.1 Å². The highest BCUT2D eigenvalue weighted by Crippen LogP contribution is 2.24. The number of carbonyl (C=O) groups excluding carboxylic acids is 1. The zero-order valence-corrected chi connectivity index (χ0v) is 13.6. The predicted octanol–water partition coefficient (Wildman–Crippen LogP) is 2.22. The van der Waals surface area contributed by atoms with Gasteiger partial charge in [0.1, 0.15) is 5.56 Å². The molecular weight excluding hydrogens is 292 g/mol. The number of piperidine rings is 1. The summed E-state index contributed by atoms with van der Waals surface area (Å²) in [7, 11) is 1.54. The summed E-state index contributed by atoms with van der Waals surface area (Å²) in [6, 6.07) is 3.54. The van der Waals surface area contributed by atoms with Crippen molar-refractivity contribution in [1.82, 2.24) is 20.1 Å². The van der Waals surface area contributed by atoms with Gasteiger partial charge in [0.25, 0.3) is 5.91 Å². The number of nitrogens with one attached hydrogen (secondary N) is 1. The molecular formula is C17H22N4O2. The second-order valence-electron chi connectivity index (χ2n) is 6.06. The Morgan fingerprint density at radius 1 is 1.52 bits per heavy atom. The van der Waals surface area contributed by atoms with Crippen molar-refractivity contribution in [2.75, 3.05) is 20.2 Å². The van der Waals surface area contributed by atoms with Gasteiger partial charge >= 0.3 is 0 Å². The smallest absolute Gasteiger partial charge is 0.259 e. The standard InChI is InChI=1S/C17H22N4O2/c1-12-10-19-20-15(12)9-13-5-4-8-21(11-13)17(22)14-6-3-7-18-16(14)23-2/h3,6-7,10,13H,4-5,8-9,11H2,1-2H3,(H,19,20)/t13-/m1/s1. The van der Waals surface area contributed by atoms with Gasteiger partial charge in [-0.3, -0.25) is 9.89 Å². The molecule has 1 amide bonds. The van der Waals surface area contributed by atoms with Crippen molar-refractivity contribution in [3.63, 3.8) is 0 Å². The third-order valence-electron chi connectivity index (χ3n) is 4.43. The lowest BCUT2D eigenvalue weighted by Crippen LogP contribution is -2.40. The van der Waals surface area contributed by atoms with Crippen LogP contribution in [0, 0.1) is 12.8 Å². The molecule has 1 aliphatic heterocycles. The molecule has 0 spiro atoms. The van der Waals surface area contributed by atoms with Gasteiger partial charge in [0.15, 0.2) is 0 Å². The quantitative estimate of drug-likeness (QED) is 0.939. The highest BCUT2D eigenvalue weighted by atomic mass is 16.5. The van der Waals surface area contributed by atoms with Crippen molar-refractivity contribution in [2.45, 2.75) is 26.2 Å². The summed E-state index contributed by atoms with van der Waals surface area (Å²) < 4.78 is 5.21. The number of nitrogens with zero attached hydrogens (tertiary/aromatic N) is 3. The van der Waals surface area contributed by atoms with Gasteiger partial charge < -0.3 is 9.64 Å². The van der Waals surface area contributed by atoms with Crippen molar-refractivity contribution in [2.24, 2.45) is 5.92 Å². The van der Waals surface area contributed by atoms with E-state index in [1.165, 1.54) is 11.3 Å². The Hall–Kier alpha value is -2.37. The van der Waals surface area contributed by atoms with Crippen molar-refractivity contribution in [3.05, 3.63) is 41.3 Å². The number of aromatic amines is 1. The second-order valence-corrected chi connectivity index (χ2v) is 6.06. The van der Waals surface area contributed by atoms with Crippen LogP contribution >= 0.6 is 0 Å². The maximum Gasteiger partial charge on any atom is 0.259 e. The number of pyridine rings is 1. The minimum absolute atomic E-state index is 0.000910. The average Bonchev–Trinajstić information content (AvgIpc) is 2.99. The SMILES string of the molecule is COc1ncccc1C(=O)N1CCC[C@H](Cc2[nH]ncc2C)C1. The lowest BCUT2D eigenvalue weighted by molar-refractivity contribution is 0.0668. The summed E-state index contributed by atoms with van der Waals surface area (Å²) in [5.74, 6) is 0.847. The summed E-state index contributed by atoms with van der Waals surface area (Å²) in [6.45, 7) is 3.61. The van der Waals surface area contributed by atoms with Crippen LogP contribution in [0.5, 0.6) is 5.88 Å². The lowest BCUT2D eigenvalue weighted by atomic mass is 9.92. The van der Waals surface area contributed by atoms with Crippen LogP contribution < -0.4 is 4.74 Å². The minimum atomic E-state index is 0.000910. The molecule has 1 saturated heterocycles. The molecule has 2 aromatic rings. The highest BCUT2D eigenvalue weighted by molar-refractivity contribution is 5.96. The predicted molar refractivity (Wildman–Crippen MR) is 86.4 cm³/mol. The fourth-order valence-corrected chi connectivity index (χ4v) is 3.17. The molecule has 1 N–H and O–H groups in total. The monoisotopic (exact) mass is 314 g/mol. The first-order chi connectivity index (χ1) is 11.2. The molecule has 0 aliphatic carbocycles. The van der Waals surface area contributed by atoms with Crippen molar-refractivity contribution in [1.29, 1.82) is 0 Å². The number of aromatic nitrogens is 3. The van der Waals surface area contributed by atoms with E-state index in [1.807, 2.05) is 11.1 Å². The van der Waals surface area contributed by atoms with Crippen molar-refractivity contribution >= 4 is 5.91 Å². The second kappa shape index (κ2) is 6.81. The normalized spacial score (nSPS) is 18.0.